The quantitative estimate of drug-likeness (QED) is 0.277. The molecule has 3 aromatic rings. The van der Waals surface area contributed by atoms with Crippen LogP contribution >= 0.6 is 0 Å². The fraction of sp³-hybridized carbons (Fsp3) is 0.208. The van der Waals surface area contributed by atoms with Gasteiger partial charge in [0.25, 0.3) is 0 Å². The molecule has 0 radical (unpaired) electrons. The van der Waals surface area contributed by atoms with Gasteiger partial charge in [0.2, 0.25) is 0 Å². The molecule has 6 nitrogen and oxygen atoms in total. The van der Waals surface area contributed by atoms with E-state index in [4.69, 9.17) is 18.6 Å². The summed E-state index contributed by atoms with van der Waals surface area (Å²) in [7, 11) is 1.30. The van der Waals surface area contributed by atoms with Gasteiger partial charge in [-0.2, -0.15) is 8.78 Å². The number of carbonyl (C=O) groups excluding carboxylic acids is 1. The van der Waals surface area contributed by atoms with Crippen molar-refractivity contribution in [1.29, 1.82) is 0 Å². The maximum Gasteiger partial charge on any atom is 0.387 e. The van der Waals surface area contributed by atoms with Crippen LogP contribution in [0.15, 0.2) is 65.1 Å². The molecule has 0 aliphatic rings. The zero-order valence-electron chi connectivity index (χ0n) is 17.5. The highest BCUT2D eigenvalue weighted by molar-refractivity contribution is 6.07. The predicted octanol–water partition coefficient (Wildman–Crippen LogP) is 5.76. The highest BCUT2D eigenvalue weighted by Gasteiger charge is 2.13. The Hall–Kier alpha value is -3.81. The molecule has 0 fully saturated rings. The van der Waals surface area contributed by atoms with Gasteiger partial charge in [0.15, 0.2) is 17.3 Å². The van der Waals surface area contributed by atoms with Crippen LogP contribution in [0.4, 0.5) is 8.78 Å². The molecule has 0 aliphatic carbocycles. The smallest absolute Gasteiger partial charge is 0.387 e. The summed E-state index contributed by atoms with van der Waals surface area (Å²) in [5, 5.41) is 0. The van der Waals surface area contributed by atoms with E-state index >= 15 is 0 Å². The van der Waals surface area contributed by atoms with Gasteiger partial charge in [-0.3, -0.25) is 4.79 Å². The van der Waals surface area contributed by atoms with E-state index in [9.17, 15) is 13.6 Å². The fourth-order valence-corrected chi connectivity index (χ4v) is 2.78. The van der Waals surface area contributed by atoms with Gasteiger partial charge >= 0.3 is 6.61 Å². The van der Waals surface area contributed by atoms with Crippen molar-refractivity contribution >= 4 is 11.9 Å². The van der Waals surface area contributed by atoms with Crippen LogP contribution in [0.5, 0.6) is 23.0 Å². The van der Waals surface area contributed by atoms with Crippen LogP contribution < -0.4 is 18.9 Å². The Balaban J connectivity index is 1.58. The minimum Gasteiger partial charge on any atom is -0.494 e. The normalized spacial score (nSPS) is 11.0. The predicted molar refractivity (Wildman–Crippen MR) is 114 cm³/mol. The standard InChI is InChI=1S/C24H22F2O6/c1-3-29-17-5-7-18(8-6-17)30-15-20-10-9-19(31-20)11-12-21(27)16-4-13-22(32-24(25)26)23(14-16)28-2/h4-14,24H,3,15H2,1-2H3/b12-11+. The van der Waals surface area contributed by atoms with Crippen molar-refractivity contribution in [2.24, 2.45) is 0 Å². The van der Waals surface area contributed by atoms with E-state index < -0.39 is 6.61 Å². The largest absolute Gasteiger partial charge is 0.494 e. The molecule has 0 N–H and O–H groups in total. The van der Waals surface area contributed by atoms with Crippen molar-refractivity contribution in [2.45, 2.75) is 20.1 Å². The third-order valence-corrected chi connectivity index (χ3v) is 4.26. The average molecular weight is 444 g/mol. The first kappa shape index (κ1) is 22.9. The monoisotopic (exact) mass is 444 g/mol. The Morgan fingerprint density at radius 1 is 1.00 bits per heavy atom. The summed E-state index contributed by atoms with van der Waals surface area (Å²) in [6, 6.07) is 14.7. The van der Waals surface area contributed by atoms with Crippen LogP contribution in [0.3, 0.4) is 0 Å². The number of allylic oxidation sites excluding steroid dienone is 1. The average Bonchev–Trinajstić information content (AvgIpc) is 3.25. The molecule has 2 aromatic carbocycles. The van der Waals surface area contributed by atoms with Crippen LogP contribution in [0.1, 0.15) is 28.8 Å². The van der Waals surface area contributed by atoms with E-state index in [1.54, 1.807) is 24.3 Å². The number of hydrogen-bond acceptors (Lipinski definition) is 6. The lowest BCUT2D eigenvalue weighted by Crippen LogP contribution is -2.04. The van der Waals surface area contributed by atoms with Crippen LogP contribution in [0.2, 0.25) is 0 Å². The van der Waals surface area contributed by atoms with Gasteiger partial charge in [0, 0.05) is 5.56 Å². The van der Waals surface area contributed by atoms with Crippen LogP contribution in [0, 0.1) is 0 Å². The molecule has 32 heavy (non-hydrogen) atoms. The molecule has 0 bridgehead atoms. The molecule has 0 saturated heterocycles. The molecule has 1 heterocycles. The van der Waals surface area contributed by atoms with Gasteiger partial charge in [0.1, 0.15) is 29.6 Å². The molecule has 168 valence electrons. The number of halogens is 2. The van der Waals surface area contributed by atoms with Gasteiger partial charge in [-0.25, -0.2) is 0 Å². The zero-order chi connectivity index (χ0) is 22.9. The first-order valence-corrected chi connectivity index (χ1v) is 9.78. The summed E-state index contributed by atoms with van der Waals surface area (Å²) in [6.07, 6.45) is 2.83. The lowest BCUT2D eigenvalue weighted by Gasteiger charge is -2.10. The third-order valence-electron chi connectivity index (χ3n) is 4.26. The molecule has 8 heteroatoms. The number of rotatable bonds is 11. The van der Waals surface area contributed by atoms with Crippen LogP contribution in [-0.4, -0.2) is 26.1 Å². The van der Waals surface area contributed by atoms with Crippen LogP contribution in [-0.2, 0) is 6.61 Å². The fourth-order valence-electron chi connectivity index (χ4n) is 2.78. The Morgan fingerprint density at radius 3 is 2.38 bits per heavy atom. The number of carbonyl (C=O) groups is 1. The number of furan rings is 1. The molecule has 0 amide bonds. The molecular weight excluding hydrogens is 422 g/mol. The van der Waals surface area contributed by atoms with Gasteiger partial charge in [-0.1, -0.05) is 0 Å². The lowest BCUT2D eigenvalue weighted by atomic mass is 10.1. The zero-order valence-corrected chi connectivity index (χ0v) is 17.5. The van der Waals surface area contributed by atoms with Crippen LogP contribution in [0.25, 0.3) is 6.08 Å². The topological polar surface area (TPSA) is 67.1 Å². The van der Waals surface area contributed by atoms with Gasteiger partial charge in [-0.05, 0) is 73.7 Å². The summed E-state index contributed by atoms with van der Waals surface area (Å²) in [6.45, 7) is -0.258. The Kier molecular flexibility index (Phi) is 7.85. The third kappa shape index (κ3) is 6.34. The Bertz CT molecular complexity index is 1060. The van der Waals surface area contributed by atoms with Crippen molar-refractivity contribution in [1.82, 2.24) is 0 Å². The molecule has 1 aromatic heterocycles. The maximum absolute atomic E-state index is 12.4. The van der Waals surface area contributed by atoms with Gasteiger partial charge in [-0.15, -0.1) is 0 Å². The van der Waals surface area contributed by atoms with E-state index in [0.29, 0.717) is 23.9 Å². The van der Waals surface area contributed by atoms with Gasteiger partial charge < -0.3 is 23.4 Å². The SMILES string of the molecule is CCOc1ccc(OCc2ccc(/C=C/C(=O)c3ccc(OC(F)F)c(OC)c3)o2)cc1. The van der Waals surface area contributed by atoms with Crippen molar-refractivity contribution in [3.8, 4) is 23.0 Å². The summed E-state index contributed by atoms with van der Waals surface area (Å²) < 4.78 is 50.9. The maximum atomic E-state index is 12.4. The Labute approximate surface area is 184 Å². The summed E-state index contributed by atoms with van der Waals surface area (Å²) in [5.74, 6) is 2.03. The van der Waals surface area contributed by atoms with Crippen molar-refractivity contribution < 1.29 is 36.9 Å². The van der Waals surface area contributed by atoms with Crippen molar-refractivity contribution in [3.05, 3.63) is 77.8 Å². The summed E-state index contributed by atoms with van der Waals surface area (Å²) >= 11 is 0. The number of ketones is 1. The second-order valence-electron chi connectivity index (χ2n) is 6.44. The van der Waals surface area contributed by atoms with E-state index in [-0.39, 0.29) is 29.5 Å². The van der Waals surface area contributed by atoms with Gasteiger partial charge in [0.05, 0.1) is 13.7 Å². The number of ether oxygens (including phenoxy) is 4. The molecule has 3 rings (SSSR count). The molecule has 0 aliphatic heterocycles. The second kappa shape index (κ2) is 11.0. The first-order valence-electron chi connectivity index (χ1n) is 9.78. The van der Waals surface area contributed by atoms with Crippen molar-refractivity contribution in [2.75, 3.05) is 13.7 Å². The highest BCUT2D eigenvalue weighted by Crippen LogP contribution is 2.29. The molecule has 0 saturated carbocycles. The summed E-state index contributed by atoms with van der Waals surface area (Å²) in [4.78, 5) is 12.4. The lowest BCUT2D eigenvalue weighted by molar-refractivity contribution is -0.0512. The van der Waals surface area contributed by atoms with E-state index in [0.717, 1.165) is 5.75 Å². The molecule has 0 atom stereocenters. The highest BCUT2D eigenvalue weighted by atomic mass is 19.3. The molecule has 0 unspecified atom stereocenters. The Morgan fingerprint density at radius 2 is 1.72 bits per heavy atom. The van der Waals surface area contributed by atoms with E-state index in [1.807, 2.05) is 19.1 Å². The molecular formula is C24H22F2O6. The van der Waals surface area contributed by atoms with E-state index in [1.165, 1.54) is 37.5 Å². The molecule has 0 spiro atoms. The number of benzene rings is 2. The second-order valence-corrected chi connectivity index (χ2v) is 6.44. The number of alkyl halides is 2. The number of hydrogen-bond donors (Lipinski definition) is 0. The minimum absolute atomic E-state index is 0.0382. The first-order chi connectivity index (χ1) is 15.5. The van der Waals surface area contributed by atoms with Crippen molar-refractivity contribution in [3.63, 3.8) is 0 Å². The van der Waals surface area contributed by atoms with E-state index in [2.05, 4.69) is 4.74 Å². The summed E-state index contributed by atoms with van der Waals surface area (Å²) in [5.41, 5.74) is 0.255. The minimum atomic E-state index is -2.99. The number of methoxy groups -OCH3 is 1.